The van der Waals surface area contributed by atoms with Crippen LogP contribution in [0.5, 0.6) is 5.75 Å². The molecule has 31 heavy (non-hydrogen) atoms. The second kappa shape index (κ2) is 9.01. The van der Waals surface area contributed by atoms with Gasteiger partial charge in [-0.15, -0.1) is 5.10 Å². The van der Waals surface area contributed by atoms with Crippen molar-refractivity contribution < 1.29 is 14.1 Å². The number of nitrogens with zero attached hydrogens (tertiary/aromatic N) is 4. The summed E-state index contributed by atoms with van der Waals surface area (Å²) in [4.78, 5) is 16.9. The van der Waals surface area contributed by atoms with E-state index in [1.54, 1.807) is 17.9 Å². The first-order valence-electron chi connectivity index (χ1n) is 9.58. The predicted molar refractivity (Wildman–Crippen MR) is 115 cm³/mol. The van der Waals surface area contributed by atoms with Gasteiger partial charge in [0.15, 0.2) is 5.69 Å². The molecule has 4 rings (SSSR count). The zero-order chi connectivity index (χ0) is 21.8. The number of carbonyl (C=O) groups excluding carboxylic acids is 1. The van der Waals surface area contributed by atoms with Crippen LogP contribution >= 0.6 is 11.6 Å². The summed E-state index contributed by atoms with van der Waals surface area (Å²) in [6.45, 7) is 4.39. The molecule has 4 aromatic rings. The maximum Gasteiger partial charge on any atom is 0.280 e. The van der Waals surface area contributed by atoms with Gasteiger partial charge in [-0.05, 0) is 43.7 Å². The molecule has 0 spiro atoms. The minimum Gasteiger partial charge on any atom is -0.489 e. The lowest BCUT2D eigenvalue weighted by Crippen LogP contribution is -2.16. The van der Waals surface area contributed by atoms with Crippen LogP contribution in [-0.2, 0) is 13.2 Å². The Morgan fingerprint density at radius 1 is 1.13 bits per heavy atom. The summed E-state index contributed by atoms with van der Waals surface area (Å²) < 4.78 is 12.6. The van der Waals surface area contributed by atoms with Crippen LogP contribution in [0.25, 0.3) is 0 Å². The van der Waals surface area contributed by atoms with E-state index in [1.165, 1.54) is 0 Å². The maximum absolute atomic E-state index is 12.7. The number of amides is 1. The van der Waals surface area contributed by atoms with Crippen LogP contribution in [0.4, 0.5) is 5.95 Å². The van der Waals surface area contributed by atoms with Gasteiger partial charge >= 0.3 is 0 Å². The Hall–Kier alpha value is -3.65. The second-order valence-corrected chi connectivity index (χ2v) is 7.45. The van der Waals surface area contributed by atoms with Gasteiger partial charge in [-0.2, -0.15) is 0 Å². The number of aromatic nitrogens is 4. The molecular weight excluding hydrogens is 418 g/mol. The highest BCUT2D eigenvalue weighted by Gasteiger charge is 2.21. The topological polar surface area (TPSA) is 95.1 Å². The summed E-state index contributed by atoms with van der Waals surface area (Å²) >= 11 is 5.91. The normalized spacial score (nSPS) is 10.8. The van der Waals surface area contributed by atoms with Crippen molar-refractivity contribution in [2.75, 3.05) is 5.32 Å². The molecule has 0 aliphatic rings. The average Bonchev–Trinajstić information content (AvgIpc) is 3.35. The molecular formula is C22H20ClN5O3. The number of anilines is 1. The summed E-state index contributed by atoms with van der Waals surface area (Å²) in [7, 11) is 0. The fourth-order valence-corrected chi connectivity index (χ4v) is 3.02. The summed E-state index contributed by atoms with van der Waals surface area (Å²) in [5, 5.41) is 11.5. The third-order valence-electron chi connectivity index (χ3n) is 4.62. The zero-order valence-electron chi connectivity index (χ0n) is 17.0. The van der Waals surface area contributed by atoms with E-state index >= 15 is 0 Å². The number of halogens is 1. The highest BCUT2D eigenvalue weighted by atomic mass is 35.5. The molecule has 0 fully saturated rings. The summed E-state index contributed by atoms with van der Waals surface area (Å²) in [6, 6.07) is 15.1. The minimum absolute atomic E-state index is 0.138. The first-order valence-corrected chi connectivity index (χ1v) is 9.95. The van der Waals surface area contributed by atoms with Crippen LogP contribution in [-0.4, -0.2) is 25.8 Å². The SMILES string of the molecule is Cc1ccc(OCc2c(C(=O)Nc3ncn(Cc4ccc(Cl)cc4)n3)noc2C)cc1. The zero-order valence-corrected chi connectivity index (χ0v) is 17.8. The van der Waals surface area contributed by atoms with E-state index in [0.29, 0.717) is 28.6 Å². The first kappa shape index (κ1) is 20.6. The van der Waals surface area contributed by atoms with Crippen molar-refractivity contribution in [1.82, 2.24) is 19.9 Å². The predicted octanol–water partition coefficient (Wildman–Crippen LogP) is 4.42. The van der Waals surface area contributed by atoms with Crippen molar-refractivity contribution in [2.45, 2.75) is 27.0 Å². The lowest BCUT2D eigenvalue weighted by molar-refractivity contribution is 0.101. The molecule has 0 aliphatic carbocycles. The van der Waals surface area contributed by atoms with Crippen molar-refractivity contribution in [1.29, 1.82) is 0 Å². The Labute approximate surface area is 183 Å². The molecule has 2 aromatic heterocycles. The molecule has 0 saturated heterocycles. The Kier molecular flexibility index (Phi) is 5.99. The molecule has 2 aromatic carbocycles. The summed E-state index contributed by atoms with van der Waals surface area (Å²) in [5.74, 6) is 0.910. The lowest BCUT2D eigenvalue weighted by atomic mass is 10.2. The number of nitrogens with one attached hydrogen (secondary N) is 1. The molecule has 8 nitrogen and oxygen atoms in total. The monoisotopic (exact) mass is 437 g/mol. The van der Waals surface area contributed by atoms with Gasteiger partial charge in [-0.3, -0.25) is 10.1 Å². The largest absolute Gasteiger partial charge is 0.489 e. The van der Waals surface area contributed by atoms with Crippen molar-refractivity contribution in [3.63, 3.8) is 0 Å². The van der Waals surface area contributed by atoms with E-state index in [1.807, 2.05) is 55.5 Å². The van der Waals surface area contributed by atoms with Gasteiger partial charge in [0, 0.05) is 5.02 Å². The van der Waals surface area contributed by atoms with Gasteiger partial charge in [0.2, 0.25) is 5.95 Å². The molecule has 158 valence electrons. The Balaban J connectivity index is 1.41. The molecule has 0 aliphatic heterocycles. The quantitative estimate of drug-likeness (QED) is 0.460. The molecule has 9 heteroatoms. The smallest absolute Gasteiger partial charge is 0.280 e. The Bertz CT molecular complexity index is 1180. The maximum atomic E-state index is 12.7. The standard InChI is InChI=1S/C22H20ClN5O3/c1-14-3-9-18(10-4-14)30-12-19-15(2)31-27-20(19)21(29)25-22-24-13-28(26-22)11-16-5-7-17(23)8-6-16/h3-10,13H,11-12H2,1-2H3,(H,25,26,29). The Morgan fingerprint density at radius 2 is 1.87 bits per heavy atom. The molecule has 0 radical (unpaired) electrons. The van der Waals surface area contributed by atoms with Gasteiger partial charge in [0.25, 0.3) is 5.91 Å². The third-order valence-corrected chi connectivity index (χ3v) is 4.88. The van der Waals surface area contributed by atoms with Gasteiger partial charge < -0.3 is 9.26 Å². The molecule has 0 unspecified atom stereocenters. The number of hydrogen-bond donors (Lipinski definition) is 1. The van der Waals surface area contributed by atoms with Crippen LogP contribution < -0.4 is 10.1 Å². The summed E-state index contributed by atoms with van der Waals surface area (Å²) in [5.41, 5.74) is 2.85. The van der Waals surface area contributed by atoms with E-state index in [4.69, 9.17) is 20.9 Å². The number of rotatable bonds is 7. The van der Waals surface area contributed by atoms with Crippen molar-refractivity contribution in [3.8, 4) is 5.75 Å². The van der Waals surface area contributed by atoms with Gasteiger partial charge in [0.05, 0.1) is 12.1 Å². The minimum atomic E-state index is -0.469. The molecule has 1 N–H and O–H groups in total. The number of aryl methyl sites for hydroxylation is 2. The lowest BCUT2D eigenvalue weighted by Gasteiger charge is -2.07. The molecule has 0 atom stereocenters. The van der Waals surface area contributed by atoms with E-state index in [2.05, 4.69) is 20.6 Å². The van der Waals surface area contributed by atoms with Crippen molar-refractivity contribution in [2.24, 2.45) is 0 Å². The van der Waals surface area contributed by atoms with Crippen molar-refractivity contribution in [3.05, 3.63) is 88.0 Å². The fourth-order valence-electron chi connectivity index (χ4n) is 2.90. The summed E-state index contributed by atoms with van der Waals surface area (Å²) in [6.07, 6.45) is 1.54. The third kappa shape index (κ3) is 5.10. The number of benzene rings is 2. The van der Waals surface area contributed by atoms with E-state index < -0.39 is 5.91 Å². The van der Waals surface area contributed by atoms with Crippen LogP contribution in [0.2, 0.25) is 5.02 Å². The van der Waals surface area contributed by atoms with Crippen molar-refractivity contribution >= 4 is 23.5 Å². The van der Waals surface area contributed by atoms with E-state index in [-0.39, 0.29) is 18.2 Å². The molecule has 0 saturated carbocycles. The van der Waals surface area contributed by atoms with Crippen LogP contribution in [0.1, 0.15) is 32.9 Å². The second-order valence-electron chi connectivity index (χ2n) is 7.01. The van der Waals surface area contributed by atoms with Gasteiger partial charge in [-0.25, -0.2) is 9.67 Å². The fraction of sp³-hybridized carbons (Fsp3) is 0.182. The molecule has 0 bridgehead atoms. The Morgan fingerprint density at radius 3 is 2.61 bits per heavy atom. The highest BCUT2D eigenvalue weighted by Crippen LogP contribution is 2.19. The number of ether oxygens (including phenoxy) is 1. The average molecular weight is 438 g/mol. The van der Waals surface area contributed by atoms with E-state index in [0.717, 1.165) is 11.1 Å². The van der Waals surface area contributed by atoms with Crippen LogP contribution in [0.15, 0.2) is 59.4 Å². The number of carbonyl (C=O) groups is 1. The van der Waals surface area contributed by atoms with E-state index in [9.17, 15) is 4.79 Å². The molecule has 1 amide bonds. The van der Waals surface area contributed by atoms with Crippen LogP contribution in [0.3, 0.4) is 0 Å². The number of hydrogen-bond acceptors (Lipinski definition) is 6. The molecule has 2 heterocycles. The van der Waals surface area contributed by atoms with Crippen LogP contribution in [0, 0.1) is 13.8 Å². The van der Waals surface area contributed by atoms with Gasteiger partial charge in [-0.1, -0.05) is 46.6 Å². The van der Waals surface area contributed by atoms with Gasteiger partial charge in [0.1, 0.15) is 24.4 Å². The first-order chi connectivity index (χ1) is 15.0. The highest BCUT2D eigenvalue weighted by molar-refractivity contribution is 6.30.